The Labute approximate surface area is 119 Å². The summed E-state index contributed by atoms with van der Waals surface area (Å²) in [6.45, 7) is 4.19. The summed E-state index contributed by atoms with van der Waals surface area (Å²) in [5, 5.41) is 9.29. The number of carbonyl (C=O) groups is 1. The highest BCUT2D eigenvalue weighted by Gasteiger charge is 2.19. The van der Waals surface area contributed by atoms with Crippen LogP contribution in [0.3, 0.4) is 0 Å². The number of aromatic amines is 1. The van der Waals surface area contributed by atoms with Crippen LogP contribution >= 0.6 is 0 Å². The number of benzene rings is 1. The first-order valence-corrected chi connectivity index (χ1v) is 6.56. The molecule has 0 aliphatic heterocycles. The van der Waals surface area contributed by atoms with E-state index in [4.69, 9.17) is 4.74 Å². The number of para-hydroxylation sites is 1. The number of nitrogens with one attached hydrogen (secondary N) is 1. The summed E-state index contributed by atoms with van der Waals surface area (Å²) in [6.07, 6.45) is 0. The van der Waals surface area contributed by atoms with E-state index in [0.717, 1.165) is 0 Å². The lowest BCUT2D eigenvalue weighted by molar-refractivity contribution is 0.0697. The summed E-state index contributed by atoms with van der Waals surface area (Å²) in [5.74, 6) is -1.16. The van der Waals surface area contributed by atoms with E-state index < -0.39 is 23.1 Å². The zero-order valence-electron chi connectivity index (χ0n) is 11.8. The van der Waals surface area contributed by atoms with Gasteiger partial charge in [0, 0.05) is 6.61 Å². The van der Waals surface area contributed by atoms with Crippen LogP contribution in [0.1, 0.15) is 30.2 Å². The topological polar surface area (TPSA) is 101 Å². The lowest BCUT2D eigenvalue weighted by Crippen LogP contribution is -2.39. The maximum atomic E-state index is 12.1. The van der Waals surface area contributed by atoms with Crippen LogP contribution in [-0.4, -0.2) is 33.8 Å². The summed E-state index contributed by atoms with van der Waals surface area (Å²) >= 11 is 0. The number of nitrogens with zero attached hydrogens (tertiary/aromatic N) is 1. The first kappa shape index (κ1) is 15.0. The van der Waals surface area contributed by atoms with Gasteiger partial charge < -0.3 is 14.8 Å². The number of hydrogen-bond donors (Lipinski definition) is 2. The van der Waals surface area contributed by atoms with E-state index in [1.165, 1.54) is 16.7 Å². The predicted molar refractivity (Wildman–Crippen MR) is 77.0 cm³/mol. The average Bonchev–Trinajstić information content (AvgIpc) is 2.45. The molecule has 1 aromatic carbocycles. The Hall–Kier alpha value is -2.41. The molecule has 1 heterocycles. The number of rotatable bonds is 5. The van der Waals surface area contributed by atoms with Crippen LogP contribution in [0.2, 0.25) is 0 Å². The molecule has 1 atom stereocenters. The summed E-state index contributed by atoms with van der Waals surface area (Å²) in [4.78, 5) is 37.6. The molecule has 112 valence electrons. The van der Waals surface area contributed by atoms with Crippen molar-refractivity contribution in [1.29, 1.82) is 0 Å². The largest absolute Gasteiger partial charge is 0.478 e. The van der Waals surface area contributed by atoms with Gasteiger partial charge in [-0.15, -0.1) is 0 Å². The Morgan fingerprint density at radius 3 is 2.76 bits per heavy atom. The second-order valence-corrected chi connectivity index (χ2v) is 4.64. The zero-order valence-corrected chi connectivity index (χ0v) is 11.8. The van der Waals surface area contributed by atoms with Crippen LogP contribution < -0.4 is 11.1 Å². The molecule has 0 bridgehead atoms. The van der Waals surface area contributed by atoms with Crippen molar-refractivity contribution in [3.05, 3.63) is 44.5 Å². The third kappa shape index (κ3) is 2.73. The summed E-state index contributed by atoms with van der Waals surface area (Å²) in [7, 11) is 0. The minimum atomic E-state index is -1.16. The van der Waals surface area contributed by atoms with Crippen molar-refractivity contribution in [3.8, 4) is 0 Å². The Bertz CT molecular complexity index is 790. The van der Waals surface area contributed by atoms with Gasteiger partial charge in [-0.3, -0.25) is 14.2 Å². The highest BCUT2D eigenvalue weighted by Crippen LogP contribution is 2.18. The second-order valence-electron chi connectivity index (χ2n) is 4.64. The number of H-pyrrole nitrogens is 1. The van der Waals surface area contributed by atoms with Gasteiger partial charge >= 0.3 is 17.1 Å². The molecule has 0 saturated carbocycles. The van der Waals surface area contributed by atoms with Crippen LogP contribution in [-0.2, 0) is 4.74 Å². The van der Waals surface area contributed by atoms with E-state index in [2.05, 4.69) is 4.98 Å². The molecule has 0 aliphatic rings. The first-order chi connectivity index (χ1) is 9.97. The molecule has 2 N–H and O–H groups in total. The smallest absolute Gasteiger partial charge is 0.337 e. The van der Waals surface area contributed by atoms with Crippen molar-refractivity contribution in [2.45, 2.75) is 19.9 Å². The maximum absolute atomic E-state index is 12.1. The van der Waals surface area contributed by atoms with E-state index in [-0.39, 0.29) is 17.7 Å². The second kappa shape index (κ2) is 5.92. The van der Waals surface area contributed by atoms with Gasteiger partial charge in [-0.1, -0.05) is 6.07 Å². The average molecular weight is 292 g/mol. The van der Waals surface area contributed by atoms with Crippen molar-refractivity contribution in [3.63, 3.8) is 0 Å². The number of carboxylic acids is 1. The number of carboxylic acid groups (broad SMARTS) is 1. The minimum absolute atomic E-state index is 0.0378. The predicted octanol–water partition coefficient (Wildman–Crippen LogP) is 0.986. The third-order valence-corrected chi connectivity index (χ3v) is 3.17. The van der Waals surface area contributed by atoms with E-state index in [1.807, 2.05) is 6.92 Å². The van der Waals surface area contributed by atoms with Crippen molar-refractivity contribution in [1.82, 2.24) is 9.55 Å². The molecule has 2 rings (SSSR count). The van der Waals surface area contributed by atoms with Gasteiger partial charge in [0.25, 0.3) is 0 Å². The standard InChI is InChI=1S/C14H16N2O5/c1-3-21-7-8(2)16-11-9(14(19)20)5-4-6-10(11)15-12(17)13(16)18/h4-6,8H,3,7H2,1-2H3,(H,15,17)(H,19,20). The van der Waals surface area contributed by atoms with Crippen LogP contribution in [0.5, 0.6) is 0 Å². The van der Waals surface area contributed by atoms with E-state index in [0.29, 0.717) is 12.1 Å². The molecule has 21 heavy (non-hydrogen) atoms. The SMILES string of the molecule is CCOCC(C)n1c(=O)c(=O)[nH]c2cccc(C(=O)O)c21. The Kier molecular flexibility index (Phi) is 4.23. The zero-order chi connectivity index (χ0) is 15.6. The van der Waals surface area contributed by atoms with Gasteiger partial charge in [0.05, 0.1) is 29.2 Å². The lowest BCUT2D eigenvalue weighted by Gasteiger charge is -2.18. The molecular formula is C14H16N2O5. The highest BCUT2D eigenvalue weighted by atomic mass is 16.5. The fraction of sp³-hybridized carbons (Fsp3) is 0.357. The normalized spacial score (nSPS) is 12.5. The van der Waals surface area contributed by atoms with Gasteiger partial charge in [0.1, 0.15) is 0 Å². The quantitative estimate of drug-likeness (QED) is 0.800. The van der Waals surface area contributed by atoms with Gasteiger partial charge in [-0.2, -0.15) is 0 Å². The Balaban J connectivity index is 2.82. The molecule has 0 amide bonds. The summed E-state index contributed by atoms with van der Waals surface area (Å²) in [5.41, 5.74) is -1.11. The Morgan fingerprint density at radius 2 is 2.14 bits per heavy atom. The van der Waals surface area contributed by atoms with Gasteiger partial charge in [-0.05, 0) is 26.0 Å². The van der Waals surface area contributed by atoms with Gasteiger partial charge in [0.15, 0.2) is 0 Å². The van der Waals surface area contributed by atoms with Crippen molar-refractivity contribution >= 4 is 17.0 Å². The number of aromatic nitrogens is 2. The van der Waals surface area contributed by atoms with E-state index in [9.17, 15) is 19.5 Å². The molecule has 0 spiro atoms. The number of ether oxygens (including phenoxy) is 1. The van der Waals surface area contributed by atoms with Crippen molar-refractivity contribution in [2.75, 3.05) is 13.2 Å². The molecule has 1 aromatic heterocycles. The van der Waals surface area contributed by atoms with Gasteiger partial charge in [0.2, 0.25) is 0 Å². The Morgan fingerprint density at radius 1 is 1.43 bits per heavy atom. The monoisotopic (exact) mass is 292 g/mol. The fourth-order valence-corrected chi connectivity index (χ4v) is 2.25. The highest BCUT2D eigenvalue weighted by molar-refractivity contribution is 6.00. The minimum Gasteiger partial charge on any atom is -0.478 e. The van der Waals surface area contributed by atoms with E-state index in [1.54, 1.807) is 13.0 Å². The van der Waals surface area contributed by atoms with Crippen molar-refractivity contribution in [2.24, 2.45) is 0 Å². The molecule has 2 aromatic rings. The van der Waals surface area contributed by atoms with Gasteiger partial charge in [-0.25, -0.2) is 4.79 Å². The number of hydrogen-bond acceptors (Lipinski definition) is 4. The van der Waals surface area contributed by atoms with Crippen LogP contribution in [0.25, 0.3) is 11.0 Å². The molecule has 7 heteroatoms. The number of fused-ring (bicyclic) bond motifs is 1. The van der Waals surface area contributed by atoms with Crippen LogP contribution in [0.4, 0.5) is 0 Å². The third-order valence-electron chi connectivity index (χ3n) is 3.17. The molecular weight excluding hydrogens is 276 g/mol. The van der Waals surface area contributed by atoms with Crippen LogP contribution in [0.15, 0.2) is 27.8 Å². The summed E-state index contributed by atoms with van der Waals surface area (Å²) in [6, 6.07) is 4.02. The number of aromatic carboxylic acids is 1. The molecule has 0 saturated heterocycles. The molecule has 0 fully saturated rings. The fourth-order valence-electron chi connectivity index (χ4n) is 2.25. The molecule has 1 unspecified atom stereocenters. The first-order valence-electron chi connectivity index (χ1n) is 6.56. The molecule has 0 radical (unpaired) electrons. The summed E-state index contributed by atoms with van der Waals surface area (Å²) < 4.78 is 6.46. The van der Waals surface area contributed by atoms with E-state index >= 15 is 0 Å². The molecule has 7 nitrogen and oxygen atoms in total. The molecule has 0 aliphatic carbocycles. The lowest BCUT2D eigenvalue weighted by atomic mass is 10.1. The van der Waals surface area contributed by atoms with Crippen molar-refractivity contribution < 1.29 is 14.6 Å². The van der Waals surface area contributed by atoms with Crippen LogP contribution in [0, 0.1) is 0 Å². The maximum Gasteiger partial charge on any atom is 0.337 e.